The normalized spacial score (nSPS) is 19.9. The number of esters is 3. The van der Waals surface area contributed by atoms with E-state index in [0.29, 0.717) is 209 Å². The highest BCUT2D eigenvalue weighted by Gasteiger charge is 2.48. The zero-order valence-corrected chi connectivity index (χ0v) is 81.0. The molecule has 0 bridgehead atoms. The Hall–Kier alpha value is -14.1. The number of anilines is 3. The summed E-state index contributed by atoms with van der Waals surface area (Å²) in [6.45, 7) is 11.3. The van der Waals surface area contributed by atoms with E-state index in [1.165, 1.54) is 116 Å². The SMILES string of the molecule is COC(=O)C1=C(CN2CCN3C(=O)N(c4ccc(C(C)(C)C(=O)O)cn4)C[C@@H]3C2)NC(c2nccs2)=N[C@H]1c1ccc(F)cc1Cl.COC(=O)C1=C(CN2CCN3C(=O)N(c4ccc(CCC(=O)O)cc4C#N)C[C@@H]3C2)NC(c2nccs2)=N[C@H]1c1ccc(F)cc1Cl.COC(=O)C1=C(CN2CCN3C(=O)N(c4ccc5c(c4)nc(C)n5CC(=O)O)C[C@@H]3C2)NC(c2nccs2)=N[C@H]1c1ccc(F)cc1Cl. The number of piperazine rings is 3. The summed E-state index contributed by atoms with van der Waals surface area (Å²) >= 11 is 23.6. The van der Waals surface area contributed by atoms with E-state index in [1.807, 2.05) is 33.2 Å². The number of nitriles is 1. The Bertz CT molecular complexity index is 6880. The molecule has 0 aliphatic carbocycles. The quantitative estimate of drug-likeness (QED) is 0.0229. The van der Waals surface area contributed by atoms with Gasteiger partial charge in [-0.3, -0.25) is 58.8 Å². The number of aliphatic carboxylic acids is 3. The summed E-state index contributed by atoms with van der Waals surface area (Å²) in [5.74, 6) is -3.84. The van der Waals surface area contributed by atoms with Crippen LogP contribution in [0.1, 0.15) is 92.6 Å². The number of aromatic nitrogens is 6. The summed E-state index contributed by atoms with van der Waals surface area (Å²) in [7, 11) is 3.86. The van der Waals surface area contributed by atoms with Crippen LogP contribution in [-0.2, 0) is 61.4 Å². The van der Waals surface area contributed by atoms with Crippen LogP contribution in [0.25, 0.3) is 11.0 Å². The molecule has 37 nitrogen and oxygen atoms in total. The zero-order chi connectivity index (χ0) is 99.7. The molecular formula is C95H90Cl3F3N22O15S3. The first-order valence-corrected chi connectivity index (χ1v) is 48.1. The first-order chi connectivity index (χ1) is 67.7. The number of pyridine rings is 1. The third kappa shape index (κ3) is 20.7. The van der Waals surface area contributed by atoms with Crippen LogP contribution < -0.4 is 30.7 Å². The van der Waals surface area contributed by atoms with Crippen molar-refractivity contribution < 1.29 is 85.9 Å². The smallest absolute Gasteiger partial charge is 0.338 e. The number of hydrogen-bond acceptors (Lipinski definition) is 30. The fourth-order valence-electron chi connectivity index (χ4n) is 18.5. The lowest BCUT2D eigenvalue weighted by Crippen LogP contribution is -2.53. The molecule has 14 heterocycles. The number of nitrogens with zero attached hydrogens (tertiary/aromatic N) is 19. The molecule has 46 heteroatoms. The van der Waals surface area contributed by atoms with E-state index >= 15 is 0 Å². The fraction of sp³-hybridized carbons (Fsp3) is 0.326. The number of fused-ring (bicyclic) bond motifs is 4. The van der Waals surface area contributed by atoms with Gasteiger partial charge in [0.05, 0.1) is 90.4 Å². The number of carboxylic acids is 3. The zero-order valence-electron chi connectivity index (χ0n) is 76.3. The molecule has 0 radical (unpaired) electrons. The lowest BCUT2D eigenvalue weighted by Gasteiger charge is -2.38. The summed E-state index contributed by atoms with van der Waals surface area (Å²) in [6, 6.07) is 24.3. The van der Waals surface area contributed by atoms with Crippen molar-refractivity contribution in [3.8, 4) is 6.07 Å². The molecule has 9 aliphatic rings. The Morgan fingerprint density at radius 1 is 0.518 bits per heavy atom. The van der Waals surface area contributed by atoms with Crippen LogP contribution in [0.15, 0.2) is 193 Å². The van der Waals surface area contributed by atoms with Crippen molar-refractivity contribution in [1.29, 1.82) is 5.26 Å². The molecule has 5 aromatic carbocycles. The van der Waals surface area contributed by atoms with E-state index in [2.05, 4.69) is 61.6 Å². The Morgan fingerprint density at radius 2 is 0.943 bits per heavy atom. The fourth-order valence-corrected chi connectivity index (χ4v) is 21.1. The number of methoxy groups -OCH3 is 3. The number of amides is 6. The minimum atomic E-state index is -1.12. The van der Waals surface area contributed by atoms with Gasteiger partial charge in [-0.2, -0.15) is 5.26 Å². The minimum absolute atomic E-state index is 0.0591. The predicted molar refractivity (Wildman–Crippen MR) is 518 cm³/mol. The molecule has 10 aromatic rings. The molecule has 6 amide bonds. The predicted octanol–water partition coefficient (Wildman–Crippen LogP) is 11.6. The van der Waals surface area contributed by atoms with E-state index in [4.69, 9.17) is 69.1 Å². The second kappa shape index (κ2) is 41.7. The second-order valence-electron chi connectivity index (χ2n) is 34.6. The number of halogens is 6. The maximum Gasteiger partial charge on any atom is 0.338 e. The van der Waals surface area contributed by atoms with Crippen molar-refractivity contribution in [2.75, 3.05) is 134 Å². The maximum absolute atomic E-state index is 14.0. The van der Waals surface area contributed by atoms with Crippen molar-refractivity contribution in [3.05, 3.63) is 265 Å². The van der Waals surface area contributed by atoms with Crippen LogP contribution in [0, 0.1) is 35.7 Å². The lowest BCUT2D eigenvalue weighted by molar-refractivity contribution is -0.142. The molecule has 6 N–H and O–H groups in total. The van der Waals surface area contributed by atoms with Gasteiger partial charge in [0.25, 0.3) is 0 Å². The van der Waals surface area contributed by atoms with Crippen LogP contribution in [-0.4, -0.2) is 283 Å². The van der Waals surface area contributed by atoms with Crippen molar-refractivity contribution >= 4 is 168 Å². The van der Waals surface area contributed by atoms with Gasteiger partial charge in [-0.1, -0.05) is 65.1 Å². The Kier molecular flexibility index (Phi) is 29.2. The number of rotatable bonds is 25. The van der Waals surface area contributed by atoms with Gasteiger partial charge in [-0.25, -0.2) is 66.9 Å². The molecule has 9 aliphatic heterocycles. The second-order valence-corrected chi connectivity index (χ2v) is 38.5. The number of urea groups is 3. The molecule has 730 valence electrons. The van der Waals surface area contributed by atoms with Crippen molar-refractivity contribution in [1.82, 2.24) is 74.8 Å². The van der Waals surface area contributed by atoms with Gasteiger partial charge in [-0.05, 0) is 111 Å². The van der Waals surface area contributed by atoms with Gasteiger partial charge in [0.15, 0.2) is 32.5 Å². The molecular weight excluding hydrogens is 1950 g/mol. The topological polar surface area (TPSA) is 438 Å². The van der Waals surface area contributed by atoms with Gasteiger partial charge < -0.3 is 64.7 Å². The number of carbonyl (C=O) groups excluding carboxylic acids is 6. The molecule has 5 aromatic heterocycles. The van der Waals surface area contributed by atoms with Crippen LogP contribution in [0.5, 0.6) is 0 Å². The monoisotopic (exact) mass is 2040 g/mol. The molecule has 0 unspecified atom stereocenters. The van der Waals surface area contributed by atoms with Gasteiger partial charge in [0.1, 0.15) is 59.8 Å². The van der Waals surface area contributed by atoms with Crippen molar-refractivity contribution in [3.63, 3.8) is 0 Å². The average molecular weight is 2040 g/mol. The van der Waals surface area contributed by atoms with Gasteiger partial charge in [-0.15, -0.1) is 34.0 Å². The largest absolute Gasteiger partial charge is 0.481 e. The summed E-state index contributed by atoms with van der Waals surface area (Å²) in [5.41, 5.74) is 6.59. The van der Waals surface area contributed by atoms with E-state index in [-0.39, 0.29) is 93.9 Å². The molecule has 6 saturated heterocycles. The number of carboxylic acid groups (broad SMARTS) is 3. The van der Waals surface area contributed by atoms with Crippen molar-refractivity contribution in [2.24, 2.45) is 15.0 Å². The number of imidazole rings is 1. The summed E-state index contributed by atoms with van der Waals surface area (Å²) in [6.07, 6.45) is 6.68. The number of ether oxygens (including phenoxy) is 3. The highest BCUT2D eigenvalue weighted by Crippen LogP contribution is 2.44. The summed E-state index contributed by atoms with van der Waals surface area (Å²) in [5, 5.41) is 55.3. The Morgan fingerprint density at radius 3 is 1.33 bits per heavy atom. The van der Waals surface area contributed by atoms with Gasteiger partial charge in [0, 0.05) is 194 Å². The van der Waals surface area contributed by atoms with Crippen LogP contribution in [0.2, 0.25) is 15.1 Å². The third-order valence-corrected chi connectivity index (χ3v) is 29.0. The number of amidine groups is 3. The van der Waals surface area contributed by atoms with Gasteiger partial charge in [0.2, 0.25) is 0 Å². The molecule has 6 fully saturated rings. The van der Waals surface area contributed by atoms with Crippen molar-refractivity contribution in [2.45, 2.75) is 81.8 Å². The highest BCUT2D eigenvalue weighted by atomic mass is 35.5. The maximum atomic E-state index is 14.0. The molecule has 0 saturated carbocycles. The first kappa shape index (κ1) is 98.5. The Balaban J connectivity index is 0.000000146. The molecule has 141 heavy (non-hydrogen) atoms. The number of hydrogen-bond donors (Lipinski definition) is 6. The highest BCUT2D eigenvalue weighted by molar-refractivity contribution is 7.12. The first-order valence-electron chi connectivity index (χ1n) is 44.3. The Labute approximate surface area is 830 Å². The van der Waals surface area contributed by atoms with E-state index in [1.54, 1.807) is 105 Å². The minimum Gasteiger partial charge on any atom is -0.481 e. The standard InChI is InChI=1S/C32H30ClFN8O5S.C32H29ClFN7O5S.C31H31ClFN7O5S/c1-17-36-23-12-19(4-6-25(23)41(17)16-26(43)44)42-14-20-13-39(8-9-40(20)32(42)46)15-24-27(31(45)47-2)28(21-5-3-18(34)11-22(21)33)38-29(37-24)30-35-7-10-48-30;1-46-31(44)27-24(37-29(30-36-8-11-47-30)38-28(27)22-5-4-20(34)13-23(22)33)17-39-9-10-40-21(15-39)16-41(32(40)45)25-6-2-18(3-7-26(42)43)12-19(25)14-35;1-31(2,29(42)43)17-4-7-23(35-13-17)40-15-19-14-38(9-10-39(19)30(40)44)16-22-24(28(41)45-3)25(20-6-5-18(33)12-21(20)32)37-26(36-22)27-34-8-11-46-27/h3-7,10-12,20,28H,8-9,13-16H2,1-2H3,(H,37,38)(H,43,44);2,4-6,8,11-13,21,28H,3,7,9-10,15-17H2,1H3,(H,37,38)(H,42,43);4-8,11-13,19,25H,9-10,14-16H2,1-3H3,(H,36,37)(H,42,43)/t20-,28-;21-,28-;19-,25-/m000/s1. The molecule has 19 rings (SSSR count). The lowest BCUT2D eigenvalue weighted by atomic mass is 9.86. The van der Waals surface area contributed by atoms with Crippen LogP contribution in [0.3, 0.4) is 0 Å². The van der Waals surface area contributed by atoms with Gasteiger partial charge >= 0.3 is 53.9 Å². The third-order valence-electron chi connectivity index (χ3n) is 25.6. The van der Waals surface area contributed by atoms with E-state index < -0.39 is 76.8 Å². The van der Waals surface area contributed by atoms with Crippen LogP contribution >= 0.6 is 68.8 Å². The number of nitrogens with one attached hydrogen (secondary N) is 3. The summed E-state index contributed by atoms with van der Waals surface area (Å²) < 4.78 is 59.2. The molecule has 6 atom stereocenters. The number of benzene rings is 5. The van der Waals surface area contributed by atoms with E-state index in [9.17, 15) is 71.8 Å². The average Bonchev–Trinajstić information content (AvgIpc) is 1.75. The number of aliphatic imine (C=N–C) groups is 3. The molecule has 0 spiro atoms. The summed E-state index contributed by atoms with van der Waals surface area (Å²) in [4.78, 5) is 168. The van der Waals surface area contributed by atoms with Crippen LogP contribution in [0.4, 0.5) is 44.7 Å². The number of thiazole rings is 3. The number of aryl methyl sites for hydroxylation is 2. The number of carbonyl (C=O) groups is 9. The van der Waals surface area contributed by atoms with E-state index in [0.717, 1.165) is 0 Å².